The quantitative estimate of drug-likeness (QED) is 0.839. The third-order valence-corrected chi connectivity index (χ3v) is 3.85. The Balaban J connectivity index is 2.36. The van der Waals surface area contributed by atoms with E-state index in [0.717, 1.165) is 6.07 Å². The Morgan fingerprint density at radius 2 is 2.05 bits per heavy atom. The molecule has 1 atom stereocenters. The predicted octanol–water partition coefficient (Wildman–Crippen LogP) is 4.67. The maximum absolute atomic E-state index is 13.7. The molecule has 0 bridgehead atoms. The van der Waals surface area contributed by atoms with E-state index < -0.39 is 17.7 Å². The molecular weight excluding hydrogens is 366 g/mol. The van der Waals surface area contributed by atoms with Crippen LogP contribution in [-0.4, -0.2) is 12.2 Å². The number of rotatable bonds is 4. The molecule has 2 aromatic carbocycles. The summed E-state index contributed by atoms with van der Waals surface area (Å²) in [7, 11) is 1.45. The Labute approximate surface area is 134 Å². The van der Waals surface area contributed by atoms with Crippen molar-refractivity contribution in [2.24, 2.45) is 0 Å². The lowest BCUT2D eigenvalue weighted by Crippen LogP contribution is -2.07. The van der Waals surface area contributed by atoms with Gasteiger partial charge in [0.15, 0.2) is 11.6 Å². The van der Waals surface area contributed by atoms with Crippen molar-refractivity contribution in [2.45, 2.75) is 12.5 Å². The number of methoxy groups -OCH3 is 1. The lowest BCUT2D eigenvalue weighted by molar-refractivity contribution is 0.172. The third-order valence-electron chi connectivity index (χ3n) is 3.05. The van der Waals surface area contributed by atoms with Crippen molar-refractivity contribution < 1.29 is 18.6 Å². The molecule has 6 heteroatoms. The molecule has 2 nitrogen and oxygen atoms in total. The molecule has 0 aliphatic heterocycles. The molecule has 0 saturated carbocycles. The summed E-state index contributed by atoms with van der Waals surface area (Å²) >= 11 is 9.24. The standard InChI is InChI=1S/C15H12BrClF2O2/c1-21-15-10(6-9(17)7-11(15)16)13(20)5-8-3-2-4-12(18)14(8)19/h2-4,6-7,13,20H,5H2,1H3. The van der Waals surface area contributed by atoms with E-state index in [1.54, 1.807) is 6.07 Å². The van der Waals surface area contributed by atoms with Gasteiger partial charge in [-0.3, -0.25) is 0 Å². The van der Waals surface area contributed by atoms with Crippen LogP contribution in [0.15, 0.2) is 34.8 Å². The second kappa shape index (κ2) is 6.73. The first-order chi connectivity index (χ1) is 9.93. The first-order valence-electron chi connectivity index (χ1n) is 6.08. The molecule has 0 heterocycles. The first-order valence-corrected chi connectivity index (χ1v) is 7.25. The molecular formula is C15H12BrClF2O2. The van der Waals surface area contributed by atoms with E-state index in [1.165, 1.54) is 25.3 Å². The van der Waals surface area contributed by atoms with Crippen molar-refractivity contribution in [1.82, 2.24) is 0 Å². The summed E-state index contributed by atoms with van der Waals surface area (Å²) < 4.78 is 32.6. The van der Waals surface area contributed by atoms with Crippen LogP contribution in [0.2, 0.25) is 5.02 Å². The number of hydrogen-bond acceptors (Lipinski definition) is 2. The molecule has 1 N–H and O–H groups in total. The average Bonchev–Trinajstić information content (AvgIpc) is 2.43. The highest BCUT2D eigenvalue weighted by Gasteiger charge is 2.19. The number of halogens is 4. The van der Waals surface area contributed by atoms with Gasteiger partial charge in [-0.15, -0.1) is 0 Å². The minimum atomic E-state index is -1.08. The van der Waals surface area contributed by atoms with Gasteiger partial charge in [0.2, 0.25) is 0 Å². The van der Waals surface area contributed by atoms with E-state index in [9.17, 15) is 13.9 Å². The summed E-state index contributed by atoms with van der Waals surface area (Å²) in [5.41, 5.74) is 0.487. The molecule has 1 unspecified atom stereocenters. The number of aliphatic hydroxyl groups excluding tert-OH is 1. The Kier molecular flexibility index (Phi) is 5.19. The molecule has 2 aromatic rings. The van der Waals surface area contributed by atoms with Crippen LogP contribution >= 0.6 is 27.5 Å². The molecule has 0 spiro atoms. The minimum Gasteiger partial charge on any atom is -0.495 e. The maximum Gasteiger partial charge on any atom is 0.162 e. The van der Waals surface area contributed by atoms with Gasteiger partial charge in [0.25, 0.3) is 0 Å². The first kappa shape index (κ1) is 16.2. The van der Waals surface area contributed by atoms with Crippen LogP contribution in [0.3, 0.4) is 0 Å². The fraction of sp³-hybridized carbons (Fsp3) is 0.200. The van der Waals surface area contributed by atoms with Crippen LogP contribution in [0.4, 0.5) is 8.78 Å². The normalized spacial score (nSPS) is 12.3. The Morgan fingerprint density at radius 3 is 2.71 bits per heavy atom. The van der Waals surface area contributed by atoms with Gasteiger partial charge in [-0.05, 0) is 39.7 Å². The van der Waals surface area contributed by atoms with Crippen LogP contribution in [0.25, 0.3) is 0 Å². The van der Waals surface area contributed by atoms with Crippen molar-refractivity contribution >= 4 is 27.5 Å². The van der Waals surface area contributed by atoms with Crippen molar-refractivity contribution in [3.63, 3.8) is 0 Å². The van der Waals surface area contributed by atoms with Gasteiger partial charge in [0, 0.05) is 17.0 Å². The van der Waals surface area contributed by atoms with E-state index >= 15 is 0 Å². The van der Waals surface area contributed by atoms with E-state index in [1.807, 2.05) is 0 Å². The van der Waals surface area contributed by atoms with Crippen LogP contribution in [0, 0.1) is 11.6 Å². The highest BCUT2D eigenvalue weighted by molar-refractivity contribution is 9.10. The van der Waals surface area contributed by atoms with Crippen molar-refractivity contribution in [3.05, 3.63) is 62.6 Å². The smallest absolute Gasteiger partial charge is 0.162 e. The lowest BCUT2D eigenvalue weighted by atomic mass is 10.00. The van der Waals surface area contributed by atoms with E-state index in [2.05, 4.69) is 15.9 Å². The van der Waals surface area contributed by atoms with Gasteiger partial charge in [-0.2, -0.15) is 0 Å². The molecule has 0 aromatic heterocycles. The summed E-state index contributed by atoms with van der Waals surface area (Å²) in [6, 6.07) is 7.01. The molecule has 112 valence electrons. The molecule has 0 saturated heterocycles. The monoisotopic (exact) mass is 376 g/mol. The van der Waals surface area contributed by atoms with Crippen molar-refractivity contribution in [1.29, 1.82) is 0 Å². The second-order valence-electron chi connectivity index (χ2n) is 4.44. The van der Waals surface area contributed by atoms with Crippen LogP contribution in [0.5, 0.6) is 5.75 Å². The predicted molar refractivity (Wildman–Crippen MR) is 80.7 cm³/mol. The molecule has 0 aliphatic rings. The zero-order valence-electron chi connectivity index (χ0n) is 11.0. The van der Waals surface area contributed by atoms with Gasteiger partial charge in [0.1, 0.15) is 5.75 Å². The minimum absolute atomic E-state index is 0.0839. The summed E-state index contributed by atoms with van der Waals surface area (Å²) in [4.78, 5) is 0. The molecule has 0 aliphatic carbocycles. The summed E-state index contributed by atoms with van der Waals surface area (Å²) in [5.74, 6) is -1.50. The van der Waals surface area contributed by atoms with E-state index in [0.29, 0.717) is 20.8 Å². The van der Waals surface area contributed by atoms with Crippen molar-refractivity contribution in [3.8, 4) is 5.75 Å². The van der Waals surface area contributed by atoms with Crippen LogP contribution < -0.4 is 4.74 Å². The van der Waals surface area contributed by atoms with Crippen molar-refractivity contribution in [2.75, 3.05) is 7.11 Å². The SMILES string of the molecule is COc1c(Br)cc(Cl)cc1C(O)Cc1cccc(F)c1F. The molecule has 0 radical (unpaired) electrons. The topological polar surface area (TPSA) is 29.5 Å². The summed E-state index contributed by atoms with van der Waals surface area (Å²) in [6.45, 7) is 0. The number of benzene rings is 2. The van der Waals surface area contributed by atoms with Gasteiger partial charge in [-0.1, -0.05) is 23.7 Å². The molecule has 2 rings (SSSR count). The average molecular weight is 378 g/mol. The van der Waals surface area contributed by atoms with Gasteiger partial charge in [-0.25, -0.2) is 8.78 Å². The number of aliphatic hydroxyl groups is 1. The van der Waals surface area contributed by atoms with Crippen LogP contribution in [0.1, 0.15) is 17.2 Å². The van der Waals surface area contributed by atoms with Crippen LogP contribution in [-0.2, 0) is 6.42 Å². The van der Waals surface area contributed by atoms with Gasteiger partial charge in [0.05, 0.1) is 17.7 Å². The molecule has 0 fully saturated rings. The zero-order valence-corrected chi connectivity index (χ0v) is 13.4. The van der Waals surface area contributed by atoms with Gasteiger partial charge >= 0.3 is 0 Å². The summed E-state index contributed by atoms with van der Waals surface area (Å²) in [5, 5.41) is 10.7. The Bertz CT molecular complexity index is 664. The highest BCUT2D eigenvalue weighted by Crippen LogP contribution is 2.37. The van der Waals surface area contributed by atoms with E-state index in [-0.39, 0.29) is 12.0 Å². The Hall–Kier alpha value is -1.17. The molecule has 0 amide bonds. The zero-order chi connectivity index (χ0) is 15.6. The fourth-order valence-electron chi connectivity index (χ4n) is 2.07. The number of hydrogen-bond donors (Lipinski definition) is 1. The lowest BCUT2D eigenvalue weighted by Gasteiger charge is -2.17. The number of ether oxygens (including phenoxy) is 1. The Morgan fingerprint density at radius 1 is 1.33 bits per heavy atom. The largest absolute Gasteiger partial charge is 0.495 e. The third kappa shape index (κ3) is 3.54. The highest BCUT2D eigenvalue weighted by atomic mass is 79.9. The second-order valence-corrected chi connectivity index (χ2v) is 5.73. The summed E-state index contributed by atoms with van der Waals surface area (Å²) in [6.07, 6.45) is -1.17. The van der Waals surface area contributed by atoms with Gasteiger partial charge < -0.3 is 9.84 Å². The molecule has 21 heavy (non-hydrogen) atoms. The maximum atomic E-state index is 13.7. The van der Waals surface area contributed by atoms with E-state index in [4.69, 9.17) is 16.3 Å². The fourth-order valence-corrected chi connectivity index (χ4v) is 3.06.